The Kier molecular flexibility index (Phi) is 7.03. The molecule has 142 valence electrons. The van der Waals surface area contributed by atoms with Crippen molar-refractivity contribution >= 4 is 11.8 Å². The number of hydrogen-bond donors (Lipinski definition) is 2. The third-order valence-corrected chi connectivity index (χ3v) is 5.14. The van der Waals surface area contributed by atoms with Crippen molar-refractivity contribution in [2.24, 2.45) is 0 Å². The second-order valence-electron chi connectivity index (χ2n) is 7.26. The van der Waals surface area contributed by atoms with E-state index in [0.717, 1.165) is 51.9 Å². The Hall–Kier alpha value is -1.92. The summed E-state index contributed by atoms with van der Waals surface area (Å²) in [7, 11) is 0. The Labute approximate surface area is 155 Å². The number of benzene rings is 1. The monoisotopic (exact) mass is 358 g/mol. The van der Waals surface area contributed by atoms with Crippen LogP contribution in [0.3, 0.4) is 0 Å². The minimum absolute atomic E-state index is 0.105. The van der Waals surface area contributed by atoms with Gasteiger partial charge in [-0.3, -0.25) is 20.4 Å². The highest BCUT2D eigenvalue weighted by Gasteiger charge is 2.16. The molecule has 0 unspecified atom stereocenters. The van der Waals surface area contributed by atoms with Crippen LogP contribution in [-0.2, 0) is 0 Å². The largest absolute Gasteiger partial charge is 0.285 e. The average Bonchev–Trinajstić information content (AvgIpc) is 3.07. The average molecular weight is 358 g/mol. The molecule has 2 aliphatic heterocycles. The van der Waals surface area contributed by atoms with Gasteiger partial charge >= 0.3 is 0 Å². The van der Waals surface area contributed by atoms with Gasteiger partial charge in [-0.2, -0.15) is 0 Å². The predicted molar refractivity (Wildman–Crippen MR) is 101 cm³/mol. The summed E-state index contributed by atoms with van der Waals surface area (Å²) >= 11 is 0. The Bertz CT molecular complexity index is 533. The third-order valence-electron chi connectivity index (χ3n) is 5.14. The Morgan fingerprint density at radius 3 is 1.19 bits per heavy atom. The van der Waals surface area contributed by atoms with Gasteiger partial charge in [0.2, 0.25) is 0 Å². The first-order valence-electron chi connectivity index (χ1n) is 9.94. The van der Waals surface area contributed by atoms with Crippen LogP contribution < -0.4 is 10.9 Å². The smallest absolute Gasteiger partial charge is 0.265 e. The Balaban J connectivity index is 1.53. The highest BCUT2D eigenvalue weighted by molar-refractivity contribution is 5.97. The first-order chi connectivity index (χ1) is 12.7. The van der Waals surface area contributed by atoms with Crippen LogP contribution in [0.15, 0.2) is 24.3 Å². The number of rotatable bonds is 4. The highest BCUT2D eigenvalue weighted by Crippen LogP contribution is 2.11. The zero-order chi connectivity index (χ0) is 18.2. The zero-order valence-corrected chi connectivity index (χ0v) is 15.5. The van der Waals surface area contributed by atoms with E-state index in [-0.39, 0.29) is 11.8 Å². The van der Waals surface area contributed by atoms with Crippen LogP contribution in [0.1, 0.15) is 72.1 Å². The molecule has 1 aromatic rings. The second kappa shape index (κ2) is 9.69. The van der Waals surface area contributed by atoms with Crippen molar-refractivity contribution in [2.45, 2.75) is 51.4 Å². The van der Waals surface area contributed by atoms with Gasteiger partial charge in [-0.05, 0) is 49.9 Å². The van der Waals surface area contributed by atoms with Crippen molar-refractivity contribution in [2.75, 3.05) is 26.2 Å². The van der Waals surface area contributed by atoms with E-state index >= 15 is 0 Å². The lowest BCUT2D eigenvalue weighted by Crippen LogP contribution is -2.43. The highest BCUT2D eigenvalue weighted by atomic mass is 16.2. The van der Waals surface area contributed by atoms with E-state index in [0.29, 0.717) is 11.1 Å². The van der Waals surface area contributed by atoms with Gasteiger partial charge in [0.1, 0.15) is 0 Å². The minimum Gasteiger partial charge on any atom is -0.285 e. The first kappa shape index (κ1) is 18.9. The lowest BCUT2D eigenvalue weighted by atomic mass is 10.1. The van der Waals surface area contributed by atoms with Crippen molar-refractivity contribution in [3.05, 3.63) is 35.4 Å². The molecule has 2 fully saturated rings. The standard InChI is InChI=1S/C20H30N4O2/c25-19(21-23-13-5-1-2-6-14-23)17-9-11-18(12-10-17)20(26)22-24-15-7-3-4-8-16-24/h9-12H,1-8,13-16H2,(H,21,25)(H,22,26). The molecular weight excluding hydrogens is 328 g/mol. The third kappa shape index (κ3) is 5.54. The summed E-state index contributed by atoms with van der Waals surface area (Å²) in [5, 5.41) is 4.02. The summed E-state index contributed by atoms with van der Waals surface area (Å²) in [5.41, 5.74) is 7.13. The maximum absolute atomic E-state index is 12.4. The molecular formula is C20H30N4O2. The van der Waals surface area contributed by atoms with Gasteiger partial charge in [-0.25, -0.2) is 10.0 Å². The van der Waals surface area contributed by atoms with E-state index in [4.69, 9.17) is 0 Å². The van der Waals surface area contributed by atoms with E-state index in [9.17, 15) is 9.59 Å². The molecule has 1 aromatic carbocycles. The van der Waals surface area contributed by atoms with Crippen LogP contribution in [-0.4, -0.2) is 48.0 Å². The number of amides is 2. The van der Waals surface area contributed by atoms with Crippen molar-refractivity contribution in [1.82, 2.24) is 20.9 Å². The molecule has 0 saturated carbocycles. The summed E-state index contributed by atoms with van der Waals surface area (Å²) in [6.07, 6.45) is 9.40. The molecule has 0 spiro atoms. The first-order valence-corrected chi connectivity index (χ1v) is 9.94. The lowest BCUT2D eigenvalue weighted by molar-refractivity contribution is 0.0782. The molecule has 6 nitrogen and oxygen atoms in total. The maximum atomic E-state index is 12.4. The molecule has 2 heterocycles. The zero-order valence-electron chi connectivity index (χ0n) is 15.5. The summed E-state index contributed by atoms with van der Waals surface area (Å²) in [6.45, 7) is 3.62. The second-order valence-corrected chi connectivity index (χ2v) is 7.26. The number of hydrazine groups is 2. The van der Waals surface area contributed by atoms with Crippen molar-refractivity contribution < 1.29 is 9.59 Å². The van der Waals surface area contributed by atoms with Gasteiger partial charge < -0.3 is 0 Å². The predicted octanol–water partition coefficient (Wildman–Crippen LogP) is 2.73. The van der Waals surface area contributed by atoms with Crippen LogP contribution in [0.25, 0.3) is 0 Å². The molecule has 2 amide bonds. The maximum Gasteiger partial charge on any atom is 0.265 e. The van der Waals surface area contributed by atoms with Crippen LogP contribution in [0.2, 0.25) is 0 Å². The summed E-state index contributed by atoms with van der Waals surface area (Å²) in [4.78, 5) is 24.8. The van der Waals surface area contributed by atoms with Crippen LogP contribution in [0.5, 0.6) is 0 Å². The van der Waals surface area contributed by atoms with Gasteiger partial charge in [-0.15, -0.1) is 0 Å². The van der Waals surface area contributed by atoms with Gasteiger partial charge in [0, 0.05) is 37.3 Å². The van der Waals surface area contributed by atoms with Gasteiger partial charge in [0.15, 0.2) is 0 Å². The number of carbonyl (C=O) groups excluding carboxylic acids is 2. The van der Waals surface area contributed by atoms with Gasteiger partial charge in [0.05, 0.1) is 0 Å². The molecule has 0 atom stereocenters. The van der Waals surface area contributed by atoms with Crippen LogP contribution >= 0.6 is 0 Å². The van der Waals surface area contributed by atoms with Crippen molar-refractivity contribution in [1.29, 1.82) is 0 Å². The van der Waals surface area contributed by atoms with E-state index in [2.05, 4.69) is 10.9 Å². The van der Waals surface area contributed by atoms with Crippen LogP contribution in [0, 0.1) is 0 Å². The van der Waals surface area contributed by atoms with Crippen LogP contribution in [0.4, 0.5) is 0 Å². The van der Waals surface area contributed by atoms with Crippen molar-refractivity contribution in [3.8, 4) is 0 Å². The van der Waals surface area contributed by atoms with E-state index < -0.39 is 0 Å². The molecule has 0 radical (unpaired) electrons. The number of carbonyl (C=O) groups is 2. The SMILES string of the molecule is O=C(NN1CCCCCC1)c1ccc(C(=O)NN2CCCCCC2)cc1. The molecule has 0 aromatic heterocycles. The molecule has 2 aliphatic rings. The summed E-state index contributed by atoms with van der Waals surface area (Å²) in [5.74, 6) is -0.210. The molecule has 6 heteroatoms. The van der Waals surface area contributed by atoms with Gasteiger partial charge in [0.25, 0.3) is 11.8 Å². The number of hydrogen-bond acceptors (Lipinski definition) is 4. The normalized spacial score (nSPS) is 20.0. The quantitative estimate of drug-likeness (QED) is 0.869. The topological polar surface area (TPSA) is 64.7 Å². The summed E-state index contributed by atoms with van der Waals surface area (Å²) < 4.78 is 0. The molecule has 2 saturated heterocycles. The molecule has 2 N–H and O–H groups in total. The lowest BCUT2D eigenvalue weighted by Gasteiger charge is -2.21. The Morgan fingerprint density at radius 1 is 0.577 bits per heavy atom. The fourth-order valence-corrected chi connectivity index (χ4v) is 3.55. The van der Waals surface area contributed by atoms with E-state index in [1.54, 1.807) is 24.3 Å². The fourth-order valence-electron chi connectivity index (χ4n) is 3.55. The molecule has 3 rings (SSSR count). The Morgan fingerprint density at radius 2 is 0.885 bits per heavy atom. The van der Waals surface area contributed by atoms with Crippen molar-refractivity contribution in [3.63, 3.8) is 0 Å². The number of nitrogens with zero attached hydrogens (tertiary/aromatic N) is 2. The van der Waals surface area contributed by atoms with E-state index in [1.165, 1.54) is 25.7 Å². The molecule has 0 aliphatic carbocycles. The number of nitrogens with one attached hydrogen (secondary N) is 2. The van der Waals surface area contributed by atoms with E-state index in [1.807, 2.05) is 10.0 Å². The summed E-state index contributed by atoms with van der Waals surface area (Å²) in [6, 6.07) is 6.91. The molecule has 0 bridgehead atoms. The minimum atomic E-state index is -0.105. The van der Waals surface area contributed by atoms with Gasteiger partial charge in [-0.1, -0.05) is 25.7 Å². The molecule has 26 heavy (non-hydrogen) atoms. The fraction of sp³-hybridized carbons (Fsp3) is 0.600.